The third kappa shape index (κ3) is 2.01. The van der Waals surface area contributed by atoms with Gasteiger partial charge in [-0.15, -0.1) is 0 Å². The molecular weight excluding hydrogens is 290 g/mol. The van der Waals surface area contributed by atoms with Gasteiger partial charge in [0, 0.05) is 12.1 Å². The van der Waals surface area contributed by atoms with Crippen LogP contribution in [-0.4, -0.2) is 9.97 Å². The Hall–Kier alpha value is -1.42. The molecule has 0 bridgehead atoms. The molecule has 1 atom stereocenters. The van der Waals surface area contributed by atoms with E-state index >= 15 is 0 Å². The second-order valence-electron chi connectivity index (χ2n) is 4.61. The van der Waals surface area contributed by atoms with Crippen LogP contribution in [0.3, 0.4) is 0 Å². The quantitative estimate of drug-likeness (QED) is 0.879. The molecule has 18 heavy (non-hydrogen) atoms. The van der Waals surface area contributed by atoms with E-state index in [9.17, 15) is 0 Å². The fourth-order valence-corrected chi connectivity index (χ4v) is 2.78. The molecule has 0 aliphatic heterocycles. The lowest BCUT2D eigenvalue weighted by atomic mass is 9.82. The van der Waals surface area contributed by atoms with Crippen LogP contribution in [-0.2, 0) is 6.42 Å². The van der Waals surface area contributed by atoms with Crippen molar-refractivity contribution in [2.45, 2.75) is 25.2 Å². The number of nitrogen functional groups attached to an aromatic ring is 1. The highest BCUT2D eigenvalue weighted by Crippen LogP contribution is 2.35. The molecule has 0 radical (unpaired) electrons. The van der Waals surface area contributed by atoms with E-state index in [1.165, 1.54) is 17.5 Å². The minimum atomic E-state index is 0.283. The Bertz CT molecular complexity index is 583. The molecule has 4 heteroatoms. The van der Waals surface area contributed by atoms with Gasteiger partial charge in [-0.3, -0.25) is 0 Å². The van der Waals surface area contributed by atoms with Crippen LogP contribution < -0.4 is 5.73 Å². The summed E-state index contributed by atoms with van der Waals surface area (Å²) in [5.74, 6) is 1.64. The molecule has 0 fully saturated rings. The molecular formula is C14H14BrN3. The van der Waals surface area contributed by atoms with E-state index in [1.807, 2.05) is 0 Å². The molecule has 2 aromatic rings. The summed E-state index contributed by atoms with van der Waals surface area (Å²) >= 11 is 3.34. The standard InChI is InChI=1S/C14H14BrN3/c15-12-8-17-14(18-13(12)16)11-7-3-5-9-4-1-2-6-10(9)11/h1-2,4,6,8,11H,3,5,7H2,(H2,16,17,18). The molecule has 0 saturated carbocycles. The fourth-order valence-electron chi connectivity index (χ4n) is 2.58. The number of hydrogen-bond donors (Lipinski definition) is 1. The summed E-state index contributed by atoms with van der Waals surface area (Å²) in [6.45, 7) is 0. The molecule has 0 amide bonds. The topological polar surface area (TPSA) is 51.8 Å². The average molecular weight is 304 g/mol. The smallest absolute Gasteiger partial charge is 0.141 e. The number of anilines is 1. The Balaban J connectivity index is 2.05. The van der Waals surface area contributed by atoms with Crippen molar-refractivity contribution < 1.29 is 0 Å². The molecule has 1 aromatic heterocycles. The van der Waals surface area contributed by atoms with E-state index in [0.29, 0.717) is 5.82 Å². The van der Waals surface area contributed by atoms with Crippen molar-refractivity contribution in [1.82, 2.24) is 9.97 Å². The number of hydrogen-bond acceptors (Lipinski definition) is 3. The maximum Gasteiger partial charge on any atom is 0.141 e. The van der Waals surface area contributed by atoms with Crippen molar-refractivity contribution >= 4 is 21.7 Å². The first kappa shape index (κ1) is 11.7. The Morgan fingerprint density at radius 2 is 2.11 bits per heavy atom. The molecule has 1 aliphatic rings. The third-order valence-electron chi connectivity index (χ3n) is 3.47. The predicted molar refractivity (Wildman–Crippen MR) is 75.4 cm³/mol. The molecule has 1 aromatic carbocycles. The number of benzene rings is 1. The lowest BCUT2D eigenvalue weighted by Gasteiger charge is -2.24. The molecule has 1 aliphatic carbocycles. The van der Waals surface area contributed by atoms with E-state index < -0.39 is 0 Å². The largest absolute Gasteiger partial charge is 0.383 e. The monoisotopic (exact) mass is 303 g/mol. The number of aromatic nitrogens is 2. The minimum Gasteiger partial charge on any atom is -0.383 e. The van der Waals surface area contributed by atoms with Crippen molar-refractivity contribution in [2.75, 3.05) is 5.73 Å². The van der Waals surface area contributed by atoms with Crippen molar-refractivity contribution in [3.05, 3.63) is 51.9 Å². The third-order valence-corrected chi connectivity index (χ3v) is 4.08. The van der Waals surface area contributed by atoms with Crippen LogP contribution in [0.5, 0.6) is 0 Å². The Morgan fingerprint density at radius 1 is 1.28 bits per heavy atom. The van der Waals surface area contributed by atoms with E-state index in [4.69, 9.17) is 5.73 Å². The van der Waals surface area contributed by atoms with E-state index in [-0.39, 0.29) is 5.92 Å². The second kappa shape index (κ2) is 4.69. The molecule has 1 unspecified atom stereocenters. The first-order chi connectivity index (χ1) is 8.75. The van der Waals surface area contributed by atoms with Gasteiger partial charge in [0.05, 0.1) is 4.47 Å². The first-order valence-electron chi connectivity index (χ1n) is 6.11. The number of fused-ring (bicyclic) bond motifs is 1. The van der Waals surface area contributed by atoms with Gasteiger partial charge in [-0.25, -0.2) is 9.97 Å². The van der Waals surface area contributed by atoms with Crippen LogP contribution in [0.25, 0.3) is 0 Å². The zero-order valence-corrected chi connectivity index (χ0v) is 11.5. The van der Waals surface area contributed by atoms with Crippen molar-refractivity contribution in [2.24, 2.45) is 0 Å². The number of rotatable bonds is 1. The summed E-state index contributed by atoms with van der Waals surface area (Å²) in [6.07, 6.45) is 5.17. The summed E-state index contributed by atoms with van der Waals surface area (Å²) in [4.78, 5) is 8.84. The molecule has 3 nitrogen and oxygen atoms in total. The zero-order valence-electron chi connectivity index (χ0n) is 9.94. The van der Waals surface area contributed by atoms with Crippen LogP contribution >= 0.6 is 15.9 Å². The molecule has 1 heterocycles. The fraction of sp³-hybridized carbons (Fsp3) is 0.286. The van der Waals surface area contributed by atoms with Crippen LogP contribution in [0.2, 0.25) is 0 Å². The summed E-state index contributed by atoms with van der Waals surface area (Å²) in [5.41, 5.74) is 8.62. The SMILES string of the molecule is Nc1nc(C2CCCc3ccccc32)ncc1Br. The van der Waals surface area contributed by atoms with Gasteiger partial charge < -0.3 is 5.73 Å². The normalized spacial score (nSPS) is 18.4. The molecule has 0 saturated heterocycles. The summed E-state index contributed by atoms with van der Waals surface area (Å²) in [6, 6.07) is 8.56. The van der Waals surface area contributed by atoms with Gasteiger partial charge in [0.25, 0.3) is 0 Å². The molecule has 2 N–H and O–H groups in total. The van der Waals surface area contributed by atoms with Crippen LogP contribution in [0, 0.1) is 0 Å². The Labute approximate surface area is 115 Å². The van der Waals surface area contributed by atoms with Gasteiger partial charge in [0.2, 0.25) is 0 Å². The van der Waals surface area contributed by atoms with E-state index in [0.717, 1.165) is 23.1 Å². The lowest BCUT2D eigenvalue weighted by molar-refractivity contribution is 0.590. The van der Waals surface area contributed by atoms with Gasteiger partial charge in [-0.05, 0) is 46.3 Å². The van der Waals surface area contributed by atoms with E-state index in [1.54, 1.807) is 6.20 Å². The summed E-state index contributed by atoms with van der Waals surface area (Å²) < 4.78 is 0.760. The van der Waals surface area contributed by atoms with Gasteiger partial charge in [0.15, 0.2) is 0 Å². The lowest BCUT2D eigenvalue weighted by Crippen LogP contribution is -2.14. The molecule has 92 valence electrons. The molecule has 0 spiro atoms. The maximum absolute atomic E-state index is 5.85. The van der Waals surface area contributed by atoms with Crippen molar-refractivity contribution in [3.8, 4) is 0 Å². The minimum absolute atomic E-state index is 0.283. The molecule has 3 rings (SSSR count). The summed E-state index contributed by atoms with van der Waals surface area (Å²) in [5, 5.41) is 0. The highest BCUT2D eigenvalue weighted by Gasteiger charge is 2.23. The Kier molecular flexibility index (Phi) is 3.04. The van der Waals surface area contributed by atoms with Crippen LogP contribution in [0.1, 0.15) is 35.7 Å². The van der Waals surface area contributed by atoms with Crippen LogP contribution in [0.4, 0.5) is 5.82 Å². The Morgan fingerprint density at radius 3 is 2.94 bits per heavy atom. The van der Waals surface area contributed by atoms with Gasteiger partial charge in [0.1, 0.15) is 11.6 Å². The van der Waals surface area contributed by atoms with Gasteiger partial charge in [-0.1, -0.05) is 24.3 Å². The maximum atomic E-state index is 5.85. The first-order valence-corrected chi connectivity index (χ1v) is 6.90. The number of nitrogens with zero attached hydrogens (tertiary/aromatic N) is 2. The zero-order chi connectivity index (χ0) is 12.5. The number of halogens is 1. The van der Waals surface area contributed by atoms with E-state index in [2.05, 4.69) is 50.2 Å². The van der Waals surface area contributed by atoms with Gasteiger partial charge in [-0.2, -0.15) is 0 Å². The highest BCUT2D eigenvalue weighted by molar-refractivity contribution is 9.10. The summed E-state index contributed by atoms with van der Waals surface area (Å²) in [7, 11) is 0. The van der Waals surface area contributed by atoms with Crippen molar-refractivity contribution in [1.29, 1.82) is 0 Å². The second-order valence-corrected chi connectivity index (χ2v) is 5.46. The van der Waals surface area contributed by atoms with Crippen LogP contribution in [0.15, 0.2) is 34.9 Å². The number of nitrogens with two attached hydrogens (primary N) is 1. The van der Waals surface area contributed by atoms with Gasteiger partial charge >= 0.3 is 0 Å². The van der Waals surface area contributed by atoms with Crippen molar-refractivity contribution in [3.63, 3.8) is 0 Å². The highest BCUT2D eigenvalue weighted by atomic mass is 79.9. The average Bonchev–Trinajstić information content (AvgIpc) is 2.41. The predicted octanol–water partition coefficient (Wildman–Crippen LogP) is 3.29. The number of aryl methyl sites for hydroxylation is 1.